The lowest BCUT2D eigenvalue weighted by Gasteiger charge is -2.17. The second-order valence-electron chi connectivity index (χ2n) is 6.21. The highest BCUT2D eigenvalue weighted by Gasteiger charge is 2.42. The van der Waals surface area contributed by atoms with E-state index in [2.05, 4.69) is 4.98 Å². The zero-order chi connectivity index (χ0) is 14.4. The second kappa shape index (κ2) is 4.74. The van der Waals surface area contributed by atoms with Crippen LogP contribution in [0, 0.1) is 25.7 Å². The number of hydrogen-bond acceptors (Lipinski definition) is 3. The molecule has 2 heterocycles. The summed E-state index contributed by atoms with van der Waals surface area (Å²) in [4.78, 5) is 29.1. The standard InChI is InChI=1S/C15H21N3O2/c1-8-5-9(2)17-14(19)13(8)15(20)18-6-11(10-3-4-10)12(16)7-18/h5,10-12H,3-4,6-7,16H2,1-2H3,(H,17,19). The molecule has 5 heteroatoms. The van der Waals surface area contributed by atoms with E-state index in [0.29, 0.717) is 24.9 Å². The van der Waals surface area contributed by atoms with Gasteiger partial charge in [0.15, 0.2) is 0 Å². The van der Waals surface area contributed by atoms with Gasteiger partial charge in [0.25, 0.3) is 11.5 Å². The Hall–Kier alpha value is -1.62. The van der Waals surface area contributed by atoms with Gasteiger partial charge in [-0.25, -0.2) is 0 Å². The van der Waals surface area contributed by atoms with Crippen LogP contribution in [0.4, 0.5) is 0 Å². The first kappa shape index (κ1) is 13.4. The molecule has 1 aromatic heterocycles. The van der Waals surface area contributed by atoms with Crippen LogP contribution < -0.4 is 11.3 Å². The van der Waals surface area contributed by atoms with Gasteiger partial charge in [-0.05, 0) is 50.2 Å². The minimum atomic E-state index is -0.295. The van der Waals surface area contributed by atoms with Crippen molar-refractivity contribution in [1.82, 2.24) is 9.88 Å². The molecule has 0 aromatic carbocycles. The first-order valence-corrected chi connectivity index (χ1v) is 7.22. The number of likely N-dealkylation sites (tertiary alicyclic amines) is 1. The number of carbonyl (C=O) groups excluding carboxylic acids is 1. The van der Waals surface area contributed by atoms with Crippen LogP contribution in [-0.4, -0.2) is 34.9 Å². The molecule has 3 rings (SSSR count). The van der Waals surface area contributed by atoms with Gasteiger partial charge in [-0.3, -0.25) is 9.59 Å². The number of rotatable bonds is 2. The summed E-state index contributed by atoms with van der Waals surface area (Å²) in [5.74, 6) is 0.909. The molecule has 1 aromatic rings. The average Bonchev–Trinajstić information content (AvgIpc) is 3.11. The smallest absolute Gasteiger partial charge is 0.261 e. The monoisotopic (exact) mass is 275 g/mol. The maximum absolute atomic E-state index is 12.6. The summed E-state index contributed by atoms with van der Waals surface area (Å²) in [6, 6.07) is 1.89. The molecular formula is C15H21N3O2. The SMILES string of the molecule is Cc1cc(C)c(C(=O)N2CC(N)C(C3CC3)C2)c(=O)[nH]1. The number of nitrogens with zero attached hydrogens (tertiary/aromatic N) is 1. The third-order valence-electron chi connectivity index (χ3n) is 4.51. The van der Waals surface area contributed by atoms with Gasteiger partial charge in [-0.2, -0.15) is 0 Å². The minimum Gasteiger partial charge on any atom is -0.337 e. The zero-order valence-electron chi connectivity index (χ0n) is 12.0. The van der Waals surface area contributed by atoms with E-state index in [1.165, 1.54) is 12.8 Å². The molecule has 2 aliphatic rings. The van der Waals surface area contributed by atoms with Gasteiger partial charge in [0.05, 0.1) is 0 Å². The average molecular weight is 275 g/mol. The molecule has 0 spiro atoms. The molecule has 0 radical (unpaired) electrons. The van der Waals surface area contributed by atoms with Gasteiger partial charge >= 0.3 is 0 Å². The number of H-pyrrole nitrogens is 1. The van der Waals surface area contributed by atoms with Gasteiger partial charge in [0.2, 0.25) is 0 Å². The third kappa shape index (κ3) is 2.26. The summed E-state index contributed by atoms with van der Waals surface area (Å²) in [6.45, 7) is 4.88. The van der Waals surface area contributed by atoms with Gasteiger partial charge < -0.3 is 15.6 Å². The minimum absolute atomic E-state index is 0.0521. The number of nitrogens with one attached hydrogen (secondary N) is 1. The van der Waals surface area contributed by atoms with Gasteiger partial charge in [-0.1, -0.05) is 0 Å². The van der Waals surface area contributed by atoms with E-state index < -0.39 is 0 Å². The van der Waals surface area contributed by atoms with Crippen molar-refractivity contribution in [3.8, 4) is 0 Å². The summed E-state index contributed by atoms with van der Waals surface area (Å²) in [7, 11) is 0. The van der Waals surface area contributed by atoms with Crippen molar-refractivity contribution in [1.29, 1.82) is 0 Å². The van der Waals surface area contributed by atoms with Gasteiger partial charge in [-0.15, -0.1) is 0 Å². The molecule has 1 aliphatic carbocycles. The van der Waals surface area contributed by atoms with Crippen LogP contribution in [0.25, 0.3) is 0 Å². The molecule has 1 saturated carbocycles. The fourth-order valence-electron chi connectivity index (χ4n) is 3.32. The van der Waals surface area contributed by atoms with Crippen molar-refractivity contribution in [2.75, 3.05) is 13.1 Å². The van der Waals surface area contributed by atoms with E-state index in [9.17, 15) is 9.59 Å². The maximum Gasteiger partial charge on any atom is 0.261 e. The first-order valence-electron chi connectivity index (χ1n) is 7.22. The number of aromatic nitrogens is 1. The van der Waals surface area contributed by atoms with Crippen LogP contribution in [-0.2, 0) is 0 Å². The third-order valence-corrected chi connectivity index (χ3v) is 4.51. The summed E-state index contributed by atoms with van der Waals surface area (Å²) in [6.07, 6.45) is 2.45. The van der Waals surface area contributed by atoms with Gasteiger partial charge in [0.1, 0.15) is 5.56 Å². The summed E-state index contributed by atoms with van der Waals surface area (Å²) in [5, 5.41) is 0. The van der Waals surface area contributed by atoms with E-state index in [4.69, 9.17) is 5.73 Å². The van der Waals surface area contributed by atoms with E-state index in [1.54, 1.807) is 4.90 Å². The predicted octanol–water partition coefficient (Wildman–Crippen LogP) is 0.801. The van der Waals surface area contributed by atoms with Crippen LogP contribution >= 0.6 is 0 Å². The number of amides is 1. The highest BCUT2D eigenvalue weighted by molar-refractivity contribution is 5.95. The Morgan fingerprint density at radius 3 is 2.65 bits per heavy atom. The van der Waals surface area contributed by atoms with E-state index in [-0.39, 0.29) is 23.1 Å². The summed E-state index contributed by atoms with van der Waals surface area (Å²) in [5.41, 5.74) is 7.63. The van der Waals surface area contributed by atoms with Crippen molar-refractivity contribution < 1.29 is 4.79 Å². The van der Waals surface area contributed by atoms with Crippen LogP contribution in [0.15, 0.2) is 10.9 Å². The van der Waals surface area contributed by atoms with Crippen molar-refractivity contribution in [3.63, 3.8) is 0 Å². The first-order chi connectivity index (χ1) is 9.47. The molecule has 1 saturated heterocycles. The number of aromatic amines is 1. The number of hydrogen-bond donors (Lipinski definition) is 2. The van der Waals surface area contributed by atoms with E-state index in [1.807, 2.05) is 19.9 Å². The number of aryl methyl sites for hydroxylation is 2. The second-order valence-corrected chi connectivity index (χ2v) is 6.21. The molecule has 2 atom stereocenters. The van der Waals surface area contributed by atoms with Crippen molar-refractivity contribution >= 4 is 5.91 Å². The molecule has 2 unspecified atom stereocenters. The zero-order valence-corrected chi connectivity index (χ0v) is 12.0. The normalized spacial score (nSPS) is 26.1. The molecule has 1 amide bonds. The summed E-state index contributed by atoms with van der Waals surface area (Å²) >= 11 is 0. The lowest BCUT2D eigenvalue weighted by Crippen LogP contribution is -2.36. The van der Waals surface area contributed by atoms with E-state index in [0.717, 1.165) is 11.3 Å². The van der Waals surface area contributed by atoms with Crippen LogP contribution in [0.3, 0.4) is 0 Å². The highest BCUT2D eigenvalue weighted by atomic mass is 16.2. The molecule has 1 aliphatic heterocycles. The maximum atomic E-state index is 12.6. The fraction of sp³-hybridized carbons (Fsp3) is 0.600. The molecule has 0 bridgehead atoms. The Bertz CT molecular complexity index is 604. The van der Waals surface area contributed by atoms with Gasteiger partial charge in [0, 0.05) is 24.8 Å². The highest BCUT2D eigenvalue weighted by Crippen LogP contribution is 2.41. The Labute approximate surface area is 118 Å². The molecule has 5 nitrogen and oxygen atoms in total. The van der Waals surface area contributed by atoms with Crippen molar-refractivity contribution in [2.45, 2.75) is 32.7 Å². The lowest BCUT2D eigenvalue weighted by atomic mass is 9.99. The Balaban J connectivity index is 1.85. The number of pyridine rings is 1. The van der Waals surface area contributed by atoms with Crippen LogP contribution in [0.1, 0.15) is 34.5 Å². The Kier molecular flexibility index (Phi) is 3.17. The van der Waals surface area contributed by atoms with Crippen LogP contribution in [0.2, 0.25) is 0 Å². The lowest BCUT2D eigenvalue weighted by molar-refractivity contribution is 0.0782. The predicted molar refractivity (Wildman–Crippen MR) is 76.6 cm³/mol. The Morgan fingerprint density at radius 2 is 2.05 bits per heavy atom. The fourth-order valence-corrected chi connectivity index (χ4v) is 3.32. The Morgan fingerprint density at radius 1 is 1.35 bits per heavy atom. The number of nitrogens with two attached hydrogens (primary N) is 1. The van der Waals surface area contributed by atoms with Crippen molar-refractivity contribution in [3.05, 3.63) is 33.2 Å². The van der Waals surface area contributed by atoms with E-state index >= 15 is 0 Å². The molecule has 20 heavy (non-hydrogen) atoms. The molecule has 3 N–H and O–H groups in total. The number of carbonyl (C=O) groups is 1. The largest absolute Gasteiger partial charge is 0.337 e. The molecule has 108 valence electrons. The molecular weight excluding hydrogens is 254 g/mol. The quantitative estimate of drug-likeness (QED) is 0.838. The summed E-state index contributed by atoms with van der Waals surface area (Å²) < 4.78 is 0. The van der Waals surface area contributed by atoms with Crippen molar-refractivity contribution in [2.24, 2.45) is 17.6 Å². The topological polar surface area (TPSA) is 79.2 Å². The molecule has 2 fully saturated rings. The van der Waals surface area contributed by atoms with Crippen LogP contribution in [0.5, 0.6) is 0 Å².